The molecular formula is C17H19ClN4. The number of nitrogens with one attached hydrogen (secondary N) is 1. The van der Waals surface area contributed by atoms with Crippen molar-refractivity contribution in [3.63, 3.8) is 0 Å². The number of halogens is 1. The van der Waals surface area contributed by atoms with Crippen molar-refractivity contribution in [3.05, 3.63) is 41.3 Å². The Balaban J connectivity index is 1.79. The van der Waals surface area contributed by atoms with E-state index >= 15 is 0 Å². The van der Waals surface area contributed by atoms with Gasteiger partial charge < -0.3 is 10.2 Å². The van der Waals surface area contributed by atoms with E-state index in [1.807, 2.05) is 24.4 Å². The van der Waals surface area contributed by atoms with Crippen molar-refractivity contribution in [1.82, 2.24) is 15.3 Å². The fraction of sp³-hybridized carbons (Fsp3) is 0.412. The molecule has 1 saturated carbocycles. The maximum atomic E-state index is 6.18. The summed E-state index contributed by atoms with van der Waals surface area (Å²) < 4.78 is 0. The first kappa shape index (κ1) is 14.0. The van der Waals surface area contributed by atoms with Gasteiger partial charge in [0.2, 0.25) is 0 Å². The van der Waals surface area contributed by atoms with Gasteiger partial charge in [0.25, 0.3) is 0 Å². The topological polar surface area (TPSA) is 41.1 Å². The summed E-state index contributed by atoms with van der Waals surface area (Å²) in [6.45, 7) is 3.97. The molecular weight excluding hydrogens is 296 g/mol. The minimum Gasteiger partial charge on any atom is -0.366 e. The van der Waals surface area contributed by atoms with Crippen LogP contribution in [0.25, 0.3) is 11.3 Å². The second-order valence-corrected chi connectivity index (χ2v) is 6.42. The maximum absolute atomic E-state index is 6.18. The lowest BCUT2D eigenvalue weighted by atomic mass is 10.1. The van der Waals surface area contributed by atoms with Gasteiger partial charge in [0.15, 0.2) is 0 Å². The van der Waals surface area contributed by atoms with E-state index in [1.165, 1.54) is 12.8 Å². The van der Waals surface area contributed by atoms with Crippen LogP contribution in [0.4, 0.5) is 5.69 Å². The van der Waals surface area contributed by atoms with Gasteiger partial charge in [-0.05, 0) is 25.0 Å². The van der Waals surface area contributed by atoms with E-state index in [2.05, 4.69) is 21.3 Å². The summed E-state index contributed by atoms with van der Waals surface area (Å²) in [4.78, 5) is 11.9. The molecule has 4 nitrogen and oxygen atoms in total. The van der Waals surface area contributed by atoms with Gasteiger partial charge in [0, 0.05) is 42.7 Å². The summed E-state index contributed by atoms with van der Waals surface area (Å²) in [5.74, 6) is 1.53. The zero-order valence-corrected chi connectivity index (χ0v) is 13.2. The van der Waals surface area contributed by atoms with Crippen LogP contribution in [0.1, 0.15) is 24.6 Å². The molecule has 1 aliphatic heterocycles. The lowest BCUT2D eigenvalue weighted by molar-refractivity contribution is 0.588. The van der Waals surface area contributed by atoms with Gasteiger partial charge in [-0.1, -0.05) is 23.7 Å². The van der Waals surface area contributed by atoms with Gasteiger partial charge in [-0.2, -0.15) is 0 Å². The largest absolute Gasteiger partial charge is 0.366 e. The number of anilines is 1. The molecule has 1 aromatic carbocycles. The quantitative estimate of drug-likeness (QED) is 0.945. The minimum atomic E-state index is 0.551. The van der Waals surface area contributed by atoms with Crippen LogP contribution in [0.2, 0.25) is 5.02 Å². The lowest BCUT2D eigenvalue weighted by Gasteiger charge is -2.30. The highest BCUT2D eigenvalue weighted by atomic mass is 35.5. The van der Waals surface area contributed by atoms with Crippen LogP contribution in [0, 0.1) is 0 Å². The number of aromatic nitrogens is 2. The molecule has 2 heterocycles. The van der Waals surface area contributed by atoms with E-state index in [0.717, 1.165) is 54.0 Å². The molecule has 0 bridgehead atoms. The molecule has 2 aliphatic rings. The van der Waals surface area contributed by atoms with E-state index in [-0.39, 0.29) is 0 Å². The summed E-state index contributed by atoms with van der Waals surface area (Å²) in [7, 11) is 0. The van der Waals surface area contributed by atoms with Gasteiger partial charge in [-0.3, -0.25) is 0 Å². The third kappa shape index (κ3) is 2.81. The number of rotatable bonds is 3. The van der Waals surface area contributed by atoms with Crippen LogP contribution in [0.3, 0.4) is 0 Å². The molecule has 0 amide bonds. The first-order valence-corrected chi connectivity index (χ1v) is 8.27. The molecule has 1 N–H and O–H groups in total. The summed E-state index contributed by atoms with van der Waals surface area (Å²) in [6.07, 6.45) is 4.42. The summed E-state index contributed by atoms with van der Waals surface area (Å²) >= 11 is 6.18. The van der Waals surface area contributed by atoms with Crippen molar-refractivity contribution < 1.29 is 0 Å². The van der Waals surface area contributed by atoms with E-state index in [0.29, 0.717) is 5.92 Å². The SMILES string of the molecule is Clc1cccc(-c2nc(C3CC3)ncc2N2CCNCC2)c1. The van der Waals surface area contributed by atoms with Crippen molar-refractivity contribution in [3.8, 4) is 11.3 Å². The van der Waals surface area contributed by atoms with Crippen LogP contribution >= 0.6 is 11.6 Å². The van der Waals surface area contributed by atoms with Crippen LogP contribution in [0.15, 0.2) is 30.5 Å². The molecule has 0 unspecified atom stereocenters. The van der Waals surface area contributed by atoms with Crippen molar-refractivity contribution in [2.75, 3.05) is 31.1 Å². The lowest BCUT2D eigenvalue weighted by Crippen LogP contribution is -2.43. The average molecular weight is 315 g/mol. The zero-order valence-electron chi connectivity index (χ0n) is 12.4. The van der Waals surface area contributed by atoms with Crippen molar-refractivity contribution in [2.24, 2.45) is 0 Å². The second kappa shape index (κ2) is 5.86. The highest BCUT2D eigenvalue weighted by Gasteiger charge is 2.28. The minimum absolute atomic E-state index is 0.551. The molecule has 2 fully saturated rings. The second-order valence-electron chi connectivity index (χ2n) is 5.98. The summed E-state index contributed by atoms with van der Waals surface area (Å²) in [5.41, 5.74) is 3.21. The van der Waals surface area contributed by atoms with Crippen molar-refractivity contribution >= 4 is 17.3 Å². The summed E-state index contributed by atoms with van der Waals surface area (Å²) in [6, 6.07) is 7.96. The molecule has 0 radical (unpaired) electrons. The predicted molar refractivity (Wildman–Crippen MR) is 89.5 cm³/mol. The Kier molecular flexibility index (Phi) is 3.72. The van der Waals surface area contributed by atoms with Gasteiger partial charge >= 0.3 is 0 Å². The number of piperazine rings is 1. The molecule has 114 valence electrons. The van der Waals surface area contributed by atoms with Crippen molar-refractivity contribution in [2.45, 2.75) is 18.8 Å². The first-order valence-electron chi connectivity index (χ1n) is 7.90. The predicted octanol–water partition coefficient (Wildman–Crippen LogP) is 3.08. The Morgan fingerprint density at radius 3 is 2.73 bits per heavy atom. The zero-order chi connectivity index (χ0) is 14.9. The highest BCUT2D eigenvalue weighted by Crippen LogP contribution is 2.40. The Morgan fingerprint density at radius 1 is 1.18 bits per heavy atom. The van der Waals surface area contributed by atoms with Crippen molar-refractivity contribution in [1.29, 1.82) is 0 Å². The number of hydrogen-bond donors (Lipinski definition) is 1. The Hall–Kier alpha value is -1.65. The van der Waals surface area contributed by atoms with Crippen LogP contribution < -0.4 is 10.2 Å². The Morgan fingerprint density at radius 2 is 2.00 bits per heavy atom. The molecule has 0 spiro atoms. The van der Waals surface area contributed by atoms with Gasteiger partial charge in [0.1, 0.15) is 5.82 Å². The Labute approximate surface area is 135 Å². The highest BCUT2D eigenvalue weighted by molar-refractivity contribution is 6.30. The standard InChI is InChI=1S/C17H19ClN4/c18-14-3-1-2-13(10-14)16-15(22-8-6-19-7-9-22)11-20-17(21-16)12-4-5-12/h1-3,10-12,19H,4-9H2. The van der Waals surface area contributed by atoms with Crippen LogP contribution in [0.5, 0.6) is 0 Å². The van der Waals surface area contributed by atoms with E-state index in [4.69, 9.17) is 16.6 Å². The molecule has 5 heteroatoms. The molecule has 22 heavy (non-hydrogen) atoms. The number of hydrogen-bond acceptors (Lipinski definition) is 4. The smallest absolute Gasteiger partial charge is 0.132 e. The van der Waals surface area contributed by atoms with E-state index in [1.54, 1.807) is 0 Å². The molecule has 4 rings (SSSR count). The van der Waals surface area contributed by atoms with E-state index in [9.17, 15) is 0 Å². The molecule has 1 aromatic heterocycles. The molecule has 0 atom stereocenters. The maximum Gasteiger partial charge on any atom is 0.132 e. The summed E-state index contributed by atoms with van der Waals surface area (Å²) in [5, 5.41) is 4.13. The average Bonchev–Trinajstić information content (AvgIpc) is 3.40. The molecule has 1 saturated heterocycles. The number of benzene rings is 1. The fourth-order valence-corrected chi connectivity index (χ4v) is 3.10. The number of nitrogens with zero attached hydrogens (tertiary/aromatic N) is 3. The monoisotopic (exact) mass is 314 g/mol. The third-order valence-electron chi connectivity index (χ3n) is 4.29. The van der Waals surface area contributed by atoms with Gasteiger partial charge in [-0.15, -0.1) is 0 Å². The van der Waals surface area contributed by atoms with Gasteiger partial charge in [-0.25, -0.2) is 9.97 Å². The van der Waals surface area contributed by atoms with Gasteiger partial charge in [0.05, 0.1) is 17.6 Å². The fourth-order valence-electron chi connectivity index (χ4n) is 2.91. The molecule has 1 aliphatic carbocycles. The van der Waals surface area contributed by atoms with Crippen LogP contribution in [-0.2, 0) is 0 Å². The van der Waals surface area contributed by atoms with Crippen LogP contribution in [-0.4, -0.2) is 36.1 Å². The van der Waals surface area contributed by atoms with E-state index < -0.39 is 0 Å². The normalized spacial score (nSPS) is 18.5. The third-order valence-corrected chi connectivity index (χ3v) is 4.52. The molecule has 2 aromatic rings. The first-order chi connectivity index (χ1) is 10.8. The Bertz CT molecular complexity index is 678.